The van der Waals surface area contributed by atoms with Crippen molar-refractivity contribution in [3.8, 4) is 0 Å². The van der Waals surface area contributed by atoms with Gasteiger partial charge in [0, 0.05) is 38.0 Å². The highest BCUT2D eigenvalue weighted by atomic mass is 127. The number of primary amides is 1. The van der Waals surface area contributed by atoms with Crippen molar-refractivity contribution < 1.29 is 18.0 Å². The number of nitrogens with one attached hydrogen (secondary N) is 2. The van der Waals surface area contributed by atoms with Gasteiger partial charge in [0.1, 0.15) is 0 Å². The maximum Gasteiger partial charge on any atom is 0.434 e. The Kier molecular flexibility index (Phi) is 11.9. The average Bonchev–Trinajstić information content (AvgIpc) is 3.15. The zero-order valence-electron chi connectivity index (χ0n) is 17.0. The standard InChI is InChI=1S/C18H29F3N6OS.HI/c1-2-23-17(25-8-6-15-26-14(12-29-15)18(19,20)21)24-7-4-10-27-9-3-5-13(11-27)16(22)28;/h12-13H,2-11H2,1H3,(H2,22,28)(H2,23,24,25);1H. The number of hydrogen-bond acceptors (Lipinski definition) is 5. The Bertz CT molecular complexity index is 685. The Morgan fingerprint density at radius 2 is 2.20 bits per heavy atom. The van der Waals surface area contributed by atoms with Crippen molar-refractivity contribution in [3.05, 3.63) is 16.1 Å². The molecule has 0 spiro atoms. The number of nitrogens with zero attached hydrogens (tertiary/aromatic N) is 3. The second-order valence-corrected chi connectivity index (χ2v) is 7.90. The lowest BCUT2D eigenvalue weighted by molar-refractivity contribution is -0.140. The molecule has 0 saturated carbocycles. The molecule has 0 bridgehead atoms. The van der Waals surface area contributed by atoms with Crippen molar-refractivity contribution in [1.29, 1.82) is 0 Å². The SMILES string of the molecule is CCNC(=NCCCN1CCCC(C(N)=O)C1)NCCc1nc(C(F)(F)F)cs1.I. The van der Waals surface area contributed by atoms with Crippen LogP contribution in [-0.4, -0.2) is 61.0 Å². The number of carbonyl (C=O) groups is 1. The van der Waals surface area contributed by atoms with Crippen LogP contribution < -0.4 is 16.4 Å². The third-order valence-corrected chi connectivity index (χ3v) is 5.54. The van der Waals surface area contributed by atoms with Gasteiger partial charge >= 0.3 is 6.18 Å². The van der Waals surface area contributed by atoms with Crippen molar-refractivity contribution in [2.75, 3.05) is 39.3 Å². The van der Waals surface area contributed by atoms with Crippen LogP contribution in [0.5, 0.6) is 0 Å². The van der Waals surface area contributed by atoms with Gasteiger partial charge < -0.3 is 21.3 Å². The second kappa shape index (κ2) is 13.3. The first kappa shape index (κ1) is 26.9. The van der Waals surface area contributed by atoms with E-state index in [1.165, 1.54) is 0 Å². The Labute approximate surface area is 196 Å². The molecule has 2 heterocycles. The van der Waals surface area contributed by atoms with Crippen LogP contribution in [0.2, 0.25) is 0 Å². The zero-order chi connectivity index (χ0) is 21.3. The minimum absolute atomic E-state index is 0. The van der Waals surface area contributed by atoms with E-state index in [1.54, 1.807) is 0 Å². The monoisotopic (exact) mass is 562 g/mol. The summed E-state index contributed by atoms with van der Waals surface area (Å²) in [6, 6.07) is 0. The predicted molar refractivity (Wildman–Crippen MR) is 123 cm³/mol. The van der Waals surface area contributed by atoms with Crippen LogP contribution in [0.3, 0.4) is 0 Å². The summed E-state index contributed by atoms with van der Waals surface area (Å²) < 4.78 is 37.8. The minimum atomic E-state index is -4.40. The Hall–Kier alpha value is -1.15. The van der Waals surface area contributed by atoms with E-state index in [1.807, 2.05) is 6.92 Å². The van der Waals surface area contributed by atoms with Crippen molar-refractivity contribution in [3.63, 3.8) is 0 Å². The Balaban J connectivity index is 0.00000450. The Morgan fingerprint density at radius 1 is 1.43 bits per heavy atom. The van der Waals surface area contributed by atoms with E-state index in [2.05, 4.69) is 25.5 Å². The second-order valence-electron chi connectivity index (χ2n) is 6.96. The summed E-state index contributed by atoms with van der Waals surface area (Å²) >= 11 is 1.01. The van der Waals surface area contributed by atoms with E-state index in [4.69, 9.17) is 5.73 Å². The average molecular weight is 562 g/mol. The normalized spacial score (nSPS) is 18.0. The van der Waals surface area contributed by atoms with E-state index in [9.17, 15) is 18.0 Å². The third kappa shape index (κ3) is 9.33. The largest absolute Gasteiger partial charge is 0.434 e. The molecule has 1 unspecified atom stereocenters. The number of alkyl halides is 3. The van der Waals surface area contributed by atoms with Gasteiger partial charge in [-0.1, -0.05) is 0 Å². The van der Waals surface area contributed by atoms with E-state index in [0.717, 1.165) is 49.1 Å². The fourth-order valence-corrected chi connectivity index (χ4v) is 3.97. The summed E-state index contributed by atoms with van der Waals surface area (Å²) in [5, 5.41) is 7.73. The third-order valence-electron chi connectivity index (χ3n) is 4.63. The van der Waals surface area contributed by atoms with Crippen LogP contribution in [0.4, 0.5) is 13.2 Å². The quantitative estimate of drug-likeness (QED) is 0.186. The Morgan fingerprint density at radius 3 is 2.83 bits per heavy atom. The number of rotatable bonds is 9. The number of amides is 1. The van der Waals surface area contributed by atoms with Gasteiger partial charge in [-0.15, -0.1) is 35.3 Å². The van der Waals surface area contributed by atoms with Gasteiger partial charge in [-0.05, 0) is 39.3 Å². The molecule has 0 aromatic carbocycles. The lowest BCUT2D eigenvalue weighted by atomic mass is 9.97. The van der Waals surface area contributed by atoms with Crippen molar-refractivity contribution in [2.24, 2.45) is 16.6 Å². The maximum atomic E-state index is 12.6. The van der Waals surface area contributed by atoms with Crippen LogP contribution in [0.1, 0.15) is 36.9 Å². The van der Waals surface area contributed by atoms with Gasteiger partial charge in [0.25, 0.3) is 0 Å². The minimum Gasteiger partial charge on any atom is -0.369 e. The molecule has 1 aromatic heterocycles. The lowest BCUT2D eigenvalue weighted by Crippen LogP contribution is -2.41. The molecule has 0 aliphatic carbocycles. The molecule has 1 aliphatic rings. The molecule has 1 aliphatic heterocycles. The molecule has 1 aromatic rings. The van der Waals surface area contributed by atoms with E-state index < -0.39 is 11.9 Å². The number of nitrogens with two attached hydrogens (primary N) is 1. The van der Waals surface area contributed by atoms with Crippen LogP contribution >= 0.6 is 35.3 Å². The number of piperidine rings is 1. The van der Waals surface area contributed by atoms with Gasteiger partial charge in [0.05, 0.1) is 10.9 Å². The highest BCUT2D eigenvalue weighted by Crippen LogP contribution is 2.30. The number of carbonyl (C=O) groups excluding carboxylic acids is 1. The van der Waals surface area contributed by atoms with E-state index in [0.29, 0.717) is 43.6 Å². The number of aromatic nitrogens is 1. The topological polar surface area (TPSA) is 95.6 Å². The van der Waals surface area contributed by atoms with Gasteiger partial charge in [0.15, 0.2) is 11.7 Å². The molecule has 30 heavy (non-hydrogen) atoms. The fraction of sp³-hybridized carbons (Fsp3) is 0.722. The zero-order valence-corrected chi connectivity index (χ0v) is 20.2. The molecule has 2 rings (SSSR count). The lowest BCUT2D eigenvalue weighted by Gasteiger charge is -2.30. The summed E-state index contributed by atoms with van der Waals surface area (Å²) in [7, 11) is 0. The van der Waals surface area contributed by atoms with Crippen LogP contribution in [0.25, 0.3) is 0 Å². The number of guanidine groups is 1. The summed E-state index contributed by atoms with van der Waals surface area (Å²) in [5.41, 5.74) is 4.57. The first-order valence-electron chi connectivity index (χ1n) is 9.85. The molecule has 1 fully saturated rings. The fourth-order valence-electron chi connectivity index (χ4n) is 3.16. The van der Waals surface area contributed by atoms with Crippen molar-refractivity contribution in [1.82, 2.24) is 20.5 Å². The molecule has 4 N–H and O–H groups in total. The maximum absolute atomic E-state index is 12.6. The van der Waals surface area contributed by atoms with Crippen molar-refractivity contribution in [2.45, 2.75) is 38.8 Å². The van der Waals surface area contributed by atoms with Gasteiger partial charge in [-0.25, -0.2) is 4.98 Å². The summed E-state index contributed by atoms with van der Waals surface area (Å²) in [4.78, 5) is 21.7. The molecule has 12 heteroatoms. The van der Waals surface area contributed by atoms with E-state index >= 15 is 0 Å². The van der Waals surface area contributed by atoms with Crippen LogP contribution in [-0.2, 0) is 17.4 Å². The molecular weight excluding hydrogens is 532 g/mol. The summed E-state index contributed by atoms with van der Waals surface area (Å²) in [5.74, 6) is 0.345. The smallest absolute Gasteiger partial charge is 0.369 e. The molecule has 172 valence electrons. The molecular formula is C18H30F3IN6OS. The number of halogens is 4. The molecule has 7 nitrogen and oxygen atoms in total. The summed E-state index contributed by atoms with van der Waals surface area (Å²) in [6.07, 6.45) is -1.31. The molecule has 1 atom stereocenters. The molecule has 0 radical (unpaired) electrons. The predicted octanol–water partition coefficient (Wildman–Crippen LogP) is 2.46. The molecule has 1 saturated heterocycles. The number of thiazole rings is 1. The number of likely N-dealkylation sites (tertiary alicyclic amines) is 1. The van der Waals surface area contributed by atoms with Gasteiger partial charge in [0.2, 0.25) is 5.91 Å². The van der Waals surface area contributed by atoms with Crippen molar-refractivity contribution >= 4 is 47.2 Å². The number of aliphatic imine (C=N–C) groups is 1. The first-order valence-corrected chi connectivity index (χ1v) is 10.7. The van der Waals surface area contributed by atoms with Gasteiger partial charge in [-0.3, -0.25) is 9.79 Å². The summed E-state index contributed by atoms with van der Waals surface area (Å²) in [6.45, 7) is 6.24. The molecule has 1 amide bonds. The number of hydrogen-bond donors (Lipinski definition) is 3. The highest BCUT2D eigenvalue weighted by molar-refractivity contribution is 14.0. The van der Waals surface area contributed by atoms with E-state index in [-0.39, 0.29) is 35.8 Å². The first-order chi connectivity index (χ1) is 13.8. The van der Waals surface area contributed by atoms with Crippen LogP contribution in [0, 0.1) is 5.92 Å². The van der Waals surface area contributed by atoms with Gasteiger partial charge in [-0.2, -0.15) is 13.2 Å². The van der Waals surface area contributed by atoms with Crippen LogP contribution in [0.15, 0.2) is 10.4 Å². The highest BCUT2D eigenvalue weighted by Gasteiger charge is 2.33.